The van der Waals surface area contributed by atoms with E-state index in [0.29, 0.717) is 5.56 Å². The molecule has 70 valence electrons. The molecule has 0 bridgehead atoms. The van der Waals surface area contributed by atoms with Crippen LogP contribution in [0.2, 0.25) is 0 Å². The molecule has 0 radical (unpaired) electrons. The van der Waals surface area contributed by atoms with Gasteiger partial charge in [-0.15, -0.1) is 0 Å². The average molecular weight is 404 g/mol. The Bertz CT molecular complexity index is 349. The fraction of sp³-hybridized carbons (Fsp3) is 0.125. The summed E-state index contributed by atoms with van der Waals surface area (Å²) in [6.45, 7) is 0. The first-order valence-corrected chi connectivity index (χ1v) is 5.55. The number of carboxylic acid groups (broad SMARTS) is 1. The summed E-state index contributed by atoms with van der Waals surface area (Å²) in [7, 11) is 0. The number of halogens is 2. The van der Waals surface area contributed by atoms with Gasteiger partial charge in [0.1, 0.15) is 5.75 Å². The largest absolute Gasteiger partial charge is 0.508 e. The zero-order valence-electron chi connectivity index (χ0n) is 6.42. The number of hydrogen-bond acceptors (Lipinski definition) is 2. The maximum Gasteiger partial charge on any atom is 0.308 e. The lowest BCUT2D eigenvalue weighted by molar-refractivity contribution is -0.136. The Morgan fingerprint density at radius 3 is 2.54 bits per heavy atom. The highest BCUT2D eigenvalue weighted by Crippen LogP contribution is 2.27. The van der Waals surface area contributed by atoms with E-state index in [1.54, 1.807) is 6.07 Å². The van der Waals surface area contributed by atoms with Gasteiger partial charge in [0.25, 0.3) is 0 Å². The van der Waals surface area contributed by atoms with Gasteiger partial charge in [-0.1, -0.05) is 0 Å². The van der Waals surface area contributed by atoms with Gasteiger partial charge in [0.05, 0.1) is 6.42 Å². The highest BCUT2D eigenvalue weighted by Gasteiger charge is 2.12. The van der Waals surface area contributed by atoms with E-state index in [1.165, 1.54) is 6.07 Å². The monoisotopic (exact) mass is 404 g/mol. The maximum atomic E-state index is 10.5. The highest BCUT2D eigenvalue weighted by atomic mass is 127. The van der Waals surface area contributed by atoms with Crippen LogP contribution in [0.25, 0.3) is 0 Å². The summed E-state index contributed by atoms with van der Waals surface area (Å²) in [6, 6.07) is 3.27. The summed E-state index contributed by atoms with van der Waals surface area (Å²) >= 11 is 4.13. The Kier molecular flexibility index (Phi) is 3.77. The van der Waals surface area contributed by atoms with Crippen molar-refractivity contribution in [1.29, 1.82) is 0 Å². The van der Waals surface area contributed by atoms with Gasteiger partial charge in [0.15, 0.2) is 0 Å². The molecule has 5 heteroatoms. The van der Waals surface area contributed by atoms with Crippen molar-refractivity contribution in [3.63, 3.8) is 0 Å². The fourth-order valence-electron chi connectivity index (χ4n) is 0.902. The SMILES string of the molecule is O=C(O)Cc1c(O)ccc(I)c1I. The van der Waals surface area contributed by atoms with Crippen molar-refractivity contribution < 1.29 is 15.0 Å². The molecule has 0 aliphatic rings. The lowest BCUT2D eigenvalue weighted by Gasteiger charge is -2.05. The molecule has 0 amide bonds. The van der Waals surface area contributed by atoms with Crippen LogP contribution in [0, 0.1) is 7.14 Å². The molecule has 0 saturated carbocycles. The van der Waals surface area contributed by atoms with Crippen LogP contribution in [-0.4, -0.2) is 16.2 Å². The van der Waals surface area contributed by atoms with Gasteiger partial charge in [-0.25, -0.2) is 0 Å². The van der Waals surface area contributed by atoms with Crippen LogP contribution >= 0.6 is 45.2 Å². The van der Waals surface area contributed by atoms with Gasteiger partial charge in [0.2, 0.25) is 0 Å². The van der Waals surface area contributed by atoms with Crippen LogP contribution in [0.1, 0.15) is 5.56 Å². The van der Waals surface area contributed by atoms with Crippen LogP contribution in [0.5, 0.6) is 5.75 Å². The minimum absolute atomic E-state index is 0.0483. The summed E-state index contributed by atoms with van der Waals surface area (Å²) in [5.41, 5.74) is 0.486. The van der Waals surface area contributed by atoms with Gasteiger partial charge in [-0.2, -0.15) is 0 Å². The van der Waals surface area contributed by atoms with Crippen molar-refractivity contribution in [2.24, 2.45) is 0 Å². The summed E-state index contributed by atoms with van der Waals surface area (Å²) in [6.07, 6.45) is -0.138. The Morgan fingerprint density at radius 2 is 2.00 bits per heavy atom. The van der Waals surface area contributed by atoms with E-state index in [4.69, 9.17) is 5.11 Å². The van der Waals surface area contributed by atoms with Gasteiger partial charge in [-0.05, 0) is 57.3 Å². The fourth-order valence-corrected chi connectivity index (χ4v) is 2.05. The second-order valence-corrected chi connectivity index (χ2v) is 4.67. The topological polar surface area (TPSA) is 57.5 Å². The first-order valence-electron chi connectivity index (χ1n) is 3.40. The molecule has 0 heterocycles. The Hall–Kier alpha value is -0.0500. The predicted molar refractivity (Wildman–Crippen MR) is 64.9 cm³/mol. The number of carboxylic acids is 1. The summed E-state index contributed by atoms with van der Waals surface area (Å²) in [4.78, 5) is 10.5. The van der Waals surface area contributed by atoms with Gasteiger partial charge in [0, 0.05) is 12.7 Å². The predicted octanol–water partition coefficient (Wildman–Crippen LogP) is 2.23. The summed E-state index contributed by atoms with van der Waals surface area (Å²) in [5, 5.41) is 18.0. The zero-order valence-corrected chi connectivity index (χ0v) is 10.7. The number of aromatic hydroxyl groups is 1. The van der Waals surface area contributed by atoms with Crippen molar-refractivity contribution in [3.8, 4) is 5.75 Å². The molecule has 1 aromatic carbocycles. The van der Waals surface area contributed by atoms with E-state index >= 15 is 0 Å². The zero-order chi connectivity index (χ0) is 10.0. The number of rotatable bonds is 2. The Morgan fingerprint density at radius 1 is 1.38 bits per heavy atom. The first kappa shape index (κ1) is 11.0. The Balaban J connectivity index is 3.17. The second kappa shape index (κ2) is 4.45. The second-order valence-electron chi connectivity index (χ2n) is 2.43. The molecule has 0 spiro atoms. The van der Waals surface area contributed by atoms with Crippen LogP contribution in [0.4, 0.5) is 0 Å². The molecule has 1 aromatic rings. The molecular formula is C8H6I2O3. The number of aliphatic carboxylic acids is 1. The van der Waals surface area contributed by atoms with E-state index < -0.39 is 5.97 Å². The number of benzene rings is 1. The lowest BCUT2D eigenvalue weighted by Crippen LogP contribution is -2.03. The summed E-state index contributed by atoms with van der Waals surface area (Å²) in [5.74, 6) is -0.887. The minimum Gasteiger partial charge on any atom is -0.508 e. The lowest BCUT2D eigenvalue weighted by atomic mass is 10.1. The normalized spacial score (nSPS) is 10.0. The van der Waals surface area contributed by atoms with Gasteiger partial charge in [-0.3, -0.25) is 4.79 Å². The molecule has 2 N–H and O–H groups in total. The molecule has 0 unspecified atom stereocenters. The molecule has 0 aliphatic heterocycles. The smallest absolute Gasteiger partial charge is 0.308 e. The molecule has 1 rings (SSSR count). The van der Waals surface area contributed by atoms with Crippen molar-refractivity contribution >= 4 is 51.2 Å². The van der Waals surface area contributed by atoms with Crippen LogP contribution in [-0.2, 0) is 11.2 Å². The van der Waals surface area contributed by atoms with E-state index in [-0.39, 0.29) is 12.2 Å². The number of phenols is 1. The molecule has 0 aromatic heterocycles. The van der Waals surface area contributed by atoms with E-state index in [0.717, 1.165) is 7.14 Å². The quantitative estimate of drug-likeness (QED) is 0.744. The van der Waals surface area contributed by atoms with Crippen LogP contribution < -0.4 is 0 Å². The standard InChI is InChI=1S/C8H6I2O3/c9-5-1-2-6(11)4(8(5)10)3-7(12)13/h1-2,11H,3H2,(H,12,13). The molecule has 0 saturated heterocycles. The minimum atomic E-state index is -0.935. The third-order valence-corrected chi connectivity index (χ3v) is 4.66. The average Bonchev–Trinajstić information content (AvgIpc) is 2.05. The van der Waals surface area contributed by atoms with Gasteiger partial charge < -0.3 is 10.2 Å². The number of hydrogen-bond donors (Lipinski definition) is 2. The van der Waals surface area contributed by atoms with Crippen molar-refractivity contribution in [2.75, 3.05) is 0 Å². The maximum absolute atomic E-state index is 10.5. The molecule has 0 fully saturated rings. The van der Waals surface area contributed by atoms with Crippen molar-refractivity contribution in [3.05, 3.63) is 24.8 Å². The molecule has 13 heavy (non-hydrogen) atoms. The van der Waals surface area contributed by atoms with Crippen molar-refractivity contribution in [2.45, 2.75) is 6.42 Å². The highest BCUT2D eigenvalue weighted by molar-refractivity contribution is 14.1. The van der Waals surface area contributed by atoms with E-state index in [9.17, 15) is 9.90 Å². The molecule has 3 nitrogen and oxygen atoms in total. The molecular weight excluding hydrogens is 398 g/mol. The third kappa shape index (κ3) is 2.70. The van der Waals surface area contributed by atoms with Gasteiger partial charge >= 0.3 is 5.97 Å². The Labute approximate surface area is 102 Å². The first-order chi connectivity index (χ1) is 6.02. The van der Waals surface area contributed by atoms with Crippen LogP contribution in [0.3, 0.4) is 0 Å². The third-order valence-electron chi connectivity index (χ3n) is 1.50. The summed E-state index contributed by atoms with van der Waals surface area (Å²) < 4.78 is 1.76. The number of phenolic OH excluding ortho intramolecular Hbond substituents is 1. The van der Waals surface area contributed by atoms with Crippen molar-refractivity contribution in [1.82, 2.24) is 0 Å². The number of carbonyl (C=O) groups is 1. The molecule has 0 atom stereocenters. The van der Waals surface area contributed by atoms with Crippen LogP contribution in [0.15, 0.2) is 12.1 Å². The van der Waals surface area contributed by atoms with E-state index in [1.807, 2.05) is 22.6 Å². The molecule has 0 aliphatic carbocycles. The van der Waals surface area contributed by atoms with E-state index in [2.05, 4.69) is 22.6 Å².